The average molecular weight is 259 g/mol. The van der Waals surface area contributed by atoms with Crippen molar-refractivity contribution in [3.63, 3.8) is 0 Å². The average Bonchev–Trinajstić information content (AvgIpc) is 2.23. The monoisotopic (exact) mass is 258 g/mol. The van der Waals surface area contributed by atoms with Crippen LogP contribution in [0.1, 0.15) is 19.4 Å². The zero-order valence-corrected chi connectivity index (χ0v) is 10.6. The molecule has 0 atom stereocenters. The largest absolute Gasteiger partial charge is 0.463 e. The molecule has 1 aromatic carbocycles. The predicted octanol–water partition coefficient (Wildman–Crippen LogP) is 3.96. The van der Waals surface area contributed by atoms with Crippen LogP contribution in [0.25, 0.3) is 6.08 Å². The Kier molecular flexibility index (Phi) is 4.84. The van der Waals surface area contributed by atoms with Crippen LogP contribution in [0.5, 0.6) is 0 Å². The van der Waals surface area contributed by atoms with Crippen molar-refractivity contribution in [2.75, 3.05) is 6.61 Å². The quantitative estimate of drug-likeness (QED) is 0.606. The first-order valence-electron chi connectivity index (χ1n) is 4.85. The molecule has 86 valence electrons. The molecule has 0 fully saturated rings. The van der Waals surface area contributed by atoms with Crippen molar-refractivity contribution in [3.05, 3.63) is 39.4 Å². The molecule has 0 saturated heterocycles. The van der Waals surface area contributed by atoms with E-state index in [1.54, 1.807) is 38.1 Å². The van der Waals surface area contributed by atoms with E-state index in [1.165, 1.54) is 0 Å². The first-order valence-corrected chi connectivity index (χ1v) is 5.61. The van der Waals surface area contributed by atoms with Gasteiger partial charge < -0.3 is 4.74 Å². The van der Waals surface area contributed by atoms with Gasteiger partial charge >= 0.3 is 5.97 Å². The lowest BCUT2D eigenvalue weighted by Gasteiger charge is -2.04. The molecule has 0 radical (unpaired) electrons. The lowest BCUT2D eigenvalue weighted by Crippen LogP contribution is -2.04. The fraction of sp³-hybridized carbons (Fsp3) is 0.250. The first-order chi connectivity index (χ1) is 7.56. The van der Waals surface area contributed by atoms with Gasteiger partial charge in [0.05, 0.1) is 6.61 Å². The number of ether oxygens (including phenoxy) is 1. The van der Waals surface area contributed by atoms with Crippen LogP contribution in [0.15, 0.2) is 23.8 Å². The second kappa shape index (κ2) is 5.92. The van der Waals surface area contributed by atoms with E-state index in [-0.39, 0.29) is 5.97 Å². The zero-order chi connectivity index (χ0) is 12.1. The number of halogens is 2. The lowest BCUT2D eigenvalue weighted by molar-refractivity contribution is -0.138. The van der Waals surface area contributed by atoms with Gasteiger partial charge in [-0.15, -0.1) is 0 Å². The van der Waals surface area contributed by atoms with Crippen molar-refractivity contribution >= 4 is 35.2 Å². The summed E-state index contributed by atoms with van der Waals surface area (Å²) < 4.78 is 4.86. The van der Waals surface area contributed by atoms with E-state index in [4.69, 9.17) is 27.9 Å². The number of esters is 1. The summed E-state index contributed by atoms with van der Waals surface area (Å²) in [6.07, 6.45) is 1.63. The van der Waals surface area contributed by atoms with Gasteiger partial charge in [0.15, 0.2) is 0 Å². The highest BCUT2D eigenvalue weighted by molar-refractivity contribution is 6.37. The van der Waals surface area contributed by atoms with Gasteiger partial charge in [-0.25, -0.2) is 4.79 Å². The maximum absolute atomic E-state index is 11.4. The van der Waals surface area contributed by atoms with Gasteiger partial charge in [0.2, 0.25) is 0 Å². The fourth-order valence-corrected chi connectivity index (χ4v) is 1.68. The maximum atomic E-state index is 11.4. The van der Waals surface area contributed by atoms with Crippen LogP contribution >= 0.6 is 23.2 Å². The third-order valence-electron chi connectivity index (χ3n) is 1.96. The molecule has 0 unspecified atom stereocenters. The summed E-state index contributed by atoms with van der Waals surface area (Å²) in [5.74, 6) is -0.363. The van der Waals surface area contributed by atoms with E-state index in [2.05, 4.69) is 0 Å². The molecule has 0 saturated carbocycles. The minimum Gasteiger partial charge on any atom is -0.463 e. The molecular weight excluding hydrogens is 247 g/mol. The summed E-state index contributed by atoms with van der Waals surface area (Å²) in [6.45, 7) is 3.77. The van der Waals surface area contributed by atoms with Crippen molar-refractivity contribution in [2.45, 2.75) is 13.8 Å². The van der Waals surface area contributed by atoms with E-state index in [0.717, 1.165) is 0 Å². The summed E-state index contributed by atoms with van der Waals surface area (Å²) in [6, 6.07) is 5.19. The highest BCUT2D eigenvalue weighted by Crippen LogP contribution is 2.26. The number of carbonyl (C=O) groups is 1. The van der Waals surface area contributed by atoms with E-state index >= 15 is 0 Å². The third kappa shape index (κ3) is 3.26. The van der Waals surface area contributed by atoms with E-state index in [0.29, 0.717) is 27.8 Å². The summed E-state index contributed by atoms with van der Waals surface area (Å²) >= 11 is 11.9. The standard InChI is InChI=1S/C12H12Cl2O2/c1-3-16-12(15)8(2)7-9-10(13)5-4-6-11(9)14/h4-7H,3H2,1-2H3/b8-7-. The number of benzene rings is 1. The summed E-state index contributed by atoms with van der Waals surface area (Å²) in [5.41, 5.74) is 1.10. The van der Waals surface area contributed by atoms with Gasteiger partial charge in [-0.1, -0.05) is 29.3 Å². The van der Waals surface area contributed by atoms with E-state index in [9.17, 15) is 4.79 Å². The first kappa shape index (κ1) is 13.1. The van der Waals surface area contributed by atoms with Crippen LogP contribution in [0.3, 0.4) is 0 Å². The number of rotatable bonds is 3. The Hall–Kier alpha value is -0.990. The van der Waals surface area contributed by atoms with Gasteiger partial charge in [-0.05, 0) is 32.1 Å². The van der Waals surface area contributed by atoms with Crippen LogP contribution in [-0.2, 0) is 9.53 Å². The highest BCUT2D eigenvalue weighted by Gasteiger charge is 2.08. The van der Waals surface area contributed by atoms with Crippen molar-refractivity contribution < 1.29 is 9.53 Å². The molecule has 0 bridgehead atoms. The summed E-state index contributed by atoms with van der Waals surface area (Å²) in [4.78, 5) is 11.4. The molecule has 16 heavy (non-hydrogen) atoms. The highest BCUT2D eigenvalue weighted by atomic mass is 35.5. The predicted molar refractivity (Wildman–Crippen MR) is 66.7 cm³/mol. The van der Waals surface area contributed by atoms with Crippen LogP contribution < -0.4 is 0 Å². The minimum absolute atomic E-state index is 0.347. The Morgan fingerprint density at radius 1 is 1.38 bits per heavy atom. The molecule has 0 aromatic heterocycles. The summed E-state index contributed by atoms with van der Waals surface area (Å²) in [5, 5.41) is 1.02. The topological polar surface area (TPSA) is 26.3 Å². The van der Waals surface area contributed by atoms with Crippen molar-refractivity contribution in [1.29, 1.82) is 0 Å². The Balaban J connectivity index is 3.02. The fourth-order valence-electron chi connectivity index (χ4n) is 1.17. The summed E-state index contributed by atoms with van der Waals surface area (Å²) in [7, 11) is 0. The maximum Gasteiger partial charge on any atom is 0.333 e. The lowest BCUT2D eigenvalue weighted by atomic mass is 10.1. The van der Waals surface area contributed by atoms with E-state index < -0.39 is 0 Å². The molecule has 0 spiro atoms. The van der Waals surface area contributed by atoms with Gasteiger partial charge in [-0.3, -0.25) is 0 Å². The molecule has 2 nitrogen and oxygen atoms in total. The van der Waals surface area contributed by atoms with Crippen molar-refractivity contribution in [3.8, 4) is 0 Å². The molecular formula is C12H12Cl2O2. The van der Waals surface area contributed by atoms with Crippen LogP contribution in [0.4, 0.5) is 0 Å². The smallest absolute Gasteiger partial charge is 0.333 e. The Morgan fingerprint density at radius 2 is 1.94 bits per heavy atom. The molecule has 1 rings (SSSR count). The molecule has 0 N–H and O–H groups in total. The number of carbonyl (C=O) groups excluding carboxylic acids is 1. The van der Waals surface area contributed by atoms with Gasteiger partial charge in [-0.2, -0.15) is 0 Å². The molecule has 1 aromatic rings. The van der Waals surface area contributed by atoms with E-state index in [1.807, 2.05) is 0 Å². The Bertz CT molecular complexity index is 405. The van der Waals surface area contributed by atoms with Crippen LogP contribution in [-0.4, -0.2) is 12.6 Å². The minimum atomic E-state index is -0.363. The molecule has 0 heterocycles. The normalized spacial score (nSPS) is 11.4. The molecule has 0 aliphatic carbocycles. The van der Waals surface area contributed by atoms with Gasteiger partial charge in [0, 0.05) is 21.2 Å². The van der Waals surface area contributed by atoms with Crippen molar-refractivity contribution in [1.82, 2.24) is 0 Å². The SMILES string of the molecule is CCOC(=O)/C(C)=C\c1c(Cl)cccc1Cl. The van der Waals surface area contributed by atoms with Crippen LogP contribution in [0.2, 0.25) is 10.0 Å². The van der Waals surface area contributed by atoms with Crippen molar-refractivity contribution in [2.24, 2.45) is 0 Å². The second-order valence-corrected chi connectivity index (χ2v) is 4.00. The second-order valence-electron chi connectivity index (χ2n) is 3.18. The van der Waals surface area contributed by atoms with Gasteiger partial charge in [0.25, 0.3) is 0 Å². The molecule has 4 heteroatoms. The number of hydrogen-bond acceptors (Lipinski definition) is 2. The Labute approximate surface area is 105 Å². The molecule has 0 aliphatic heterocycles. The van der Waals surface area contributed by atoms with Crippen LogP contribution in [0, 0.1) is 0 Å². The zero-order valence-electron chi connectivity index (χ0n) is 9.09. The number of hydrogen-bond donors (Lipinski definition) is 0. The van der Waals surface area contributed by atoms with Gasteiger partial charge in [0.1, 0.15) is 0 Å². The third-order valence-corrected chi connectivity index (χ3v) is 2.62. The Morgan fingerprint density at radius 3 is 2.44 bits per heavy atom. The molecule has 0 amide bonds. The molecule has 0 aliphatic rings.